The van der Waals surface area contributed by atoms with E-state index in [1.165, 1.54) is 25.0 Å². The lowest BCUT2D eigenvalue weighted by atomic mass is 10.2. The molecule has 1 saturated carbocycles. The molecule has 27 heavy (non-hydrogen) atoms. The molecule has 2 heterocycles. The van der Waals surface area contributed by atoms with Crippen LogP contribution in [0, 0.1) is 5.82 Å². The first-order valence-corrected chi connectivity index (χ1v) is 9.49. The van der Waals surface area contributed by atoms with E-state index in [4.69, 9.17) is 0 Å². The number of halogens is 1. The summed E-state index contributed by atoms with van der Waals surface area (Å²) in [5.41, 5.74) is 2.00. The summed E-state index contributed by atoms with van der Waals surface area (Å²) in [5, 5.41) is 11.6. The Morgan fingerprint density at radius 2 is 1.78 bits per heavy atom. The van der Waals surface area contributed by atoms with Crippen molar-refractivity contribution in [3.63, 3.8) is 0 Å². The highest BCUT2D eigenvalue weighted by atomic mass is 19.1. The van der Waals surface area contributed by atoms with Crippen molar-refractivity contribution in [2.45, 2.75) is 25.3 Å². The maximum Gasteiger partial charge on any atom is 0.234 e. The zero-order valence-electron chi connectivity index (χ0n) is 15.3. The van der Waals surface area contributed by atoms with Crippen molar-refractivity contribution in [2.24, 2.45) is 0 Å². The van der Waals surface area contributed by atoms with E-state index < -0.39 is 0 Å². The molecule has 7 heteroatoms. The van der Waals surface area contributed by atoms with Crippen molar-refractivity contribution in [2.75, 3.05) is 37.6 Å². The molecule has 1 amide bonds. The number of carbonyl (C=O) groups is 1. The molecule has 142 valence electrons. The number of rotatable bonds is 6. The molecule has 0 atom stereocenters. The van der Waals surface area contributed by atoms with Gasteiger partial charge in [0.25, 0.3) is 0 Å². The Morgan fingerprint density at radius 1 is 1.04 bits per heavy atom. The molecule has 0 bridgehead atoms. The van der Waals surface area contributed by atoms with Gasteiger partial charge in [0.05, 0.1) is 12.2 Å². The van der Waals surface area contributed by atoms with Crippen molar-refractivity contribution >= 4 is 11.7 Å². The monoisotopic (exact) mass is 369 g/mol. The number of hydrogen-bond donors (Lipinski definition) is 1. The number of aromatic nitrogens is 2. The number of hydrogen-bond acceptors (Lipinski definition) is 5. The molecule has 1 aliphatic carbocycles. The molecule has 2 aliphatic rings. The van der Waals surface area contributed by atoms with Crippen LogP contribution in [0.15, 0.2) is 36.4 Å². The molecule has 0 radical (unpaired) electrons. The van der Waals surface area contributed by atoms with Crippen LogP contribution in [0.3, 0.4) is 0 Å². The van der Waals surface area contributed by atoms with Crippen molar-refractivity contribution in [1.82, 2.24) is 20.4 Å². The second-order valence-electron chi connectivity index (χ2n) is 7.26. The summed E-state index contributed by atoms with van der Waals surface area (Å²) < 4.78 is 12.9. The van der Waals surface area contributed by atoms with Gasteiger partial charge in [-0.2, -0.15) is 5.10 Å². The number of nitrogens with zero attached hydrogens (tertiary/aromatic N) is 4. The Labute approximate surface area is 158 Å². The summed E-state index contributed by atoms with van der Waals surface area (Å²) in [6, 6.07) is 10.3. The standard InChI is InChI=1S/C20H24FN5O/c21-17-5-1-15(2-6-17)13-22-20(27)14-25-9-11-26(12-10-25)19-8-7-18(23-24-19)16-3-4-16/h1-2,5-8,16H,3-4,9-14H2,(H,22,27). The summed E-state index contributed by atoms with van der Waals surface area (Å²) in [6.07, 6.45) is 2.46. The van der Waals surface area contributed by atoms with E-state index in [1.54, 1.807) is 12.1 Å². The summed E-state index contributed by atoms with van der Waals surface area (Å²) in [5.74, 6) is 1.26. The highest BCUT2D eigenvalue weighted by Gasteiger charge is 2.26. The maximum absolute atomic E-state index is 12.9. The number of benzene rings is 1. The molecule has 1 aromatic heterocycles. The SMILES string of the molecule is O=C(CN1CCN(c2ccc(C3CC3)nn2)CC1)NCc1ccc(F)cc1. The van der Waals surface area contributed by atoms with Crippen LogP contribution in [0.5, 0.6) is 0 Å². The van der Waals surface area contributed by atoms with E-state index in [1.807, 2.05) is 0 Å². The summed E-state index contributed by atoms with van der Waals surface area (Å²) in [7, 11) is 0. The van der Waals surface area contributed by atoms with Crippen LogP contribution < -0.4 is 10.2 Å². The molecule has 1 aromatic carbocycles. The molecule has 2 aromatic rings. The van der Waals surface area contributed by atoms with Crippen LogP contribution >= 0.6 is 0 Å². The first-order valence-electron chi connectivity index (χ1n) is 9.49. The van der Waals surface area contributed by atoms with Crippen molar-refractivity contribution in [1.29, 1.82) is 0 Å². The van der Waals surface area contributed by atoms with Gasteiger partial charge in [0.1, 0.15) is 5.82 Å². The molecule has 0 unspecified atom stereocenters. The fourth-order valence-corrected chi connectivity index (χ4v) is 3.30. The van der Waals surface area contributed by atoms with E-state index in [0.717, 1.165) is 43.3 Å². The largest absolute Gasteiger partial charge is 0.353 e. The predicted molar refractivity (Wildman–Crippen MR) is 101 cm³/mol. The lowest BCUT2D eigenvalue weighted by Crippen LogP contribution is -2.49. The van der Waals surface area contributed by atoms with Gasteiger partial charge in [-0.1, -0.05) is 12.1 Å². The first-order chi connectivity index (χ1) is 13.2. The van der Waals surface area contributed by atoms with Crippen molar-refractivity contribution in [3.05, 3.63) is 53.5 Å². The quantitative estimate of drug-likeness (QED) is 0.843. The van der Waals surface area contributed by atoms with Crippen LogP contribution in [0.4, 0.5) is 10.2 Å². The van der Waals surface area contributed by atoms with E-state index in [-0.39, 0.29) is 11.7 Å². The number of carbonyl (C=O) groups excluding carboxylic acids is 1. The fourth-order valence-electron chi connectivity index (χ4n) is 3.30. The zero-order chi connectivity index (χ0) is 18.6. The molecular weight excluding hydrogens is 345 g/mol. The van der Waals surface area contributed by atoms with Crippen LogP contribution in [0.1, 0.15) is 30.0 Å². The molecule has 1 aliphatic heterocycles. The first kappa shape index (κ1) is 17.9. The second kappa shape index (κ2) is 8.00. The third kappa shape index (κ3) is 4.80. The van der Waals surface area contributed by atoms with Crippen LogP contribution in [0.2, 0.25) is 0 Å². The summed E-state index contributed by atoms with van der Waals surface area (Å²) in [6.45, 7) is 4.10. The third-order valence-corrected chi connectivity index (χ3v) is 5.13. The number of piperazine rings is 1. The minimum atomic E-state index is -0.269. The molecule has 0 spiro atoms. The number of nitrogens with one attached hydrogen (secondary N) is 1. The molecule has 6 nitrogen and oxygen atoms in total. The van der Waals surface area contributed by atoms with Crippen molar-refractivity contribution in [3.8, 4) is 0 Å². The molecular formula is C20H24FN5O. The lowest BCUT2D eigenvalue weighted by molar-refractivity contribution is -0.122. The average Bonchev–Trinajstić information content (AvgIpc) is 3.54. The molecule has 4 rings (SSSR count). The van der Waals surface area contributed by atoms with Crippen LogP contribution in [0.25, 0.3) is 0 Å². The van der Waals surface area contributed by atoms with Gasteiger partial charge in [0.15, 0.2) is 5.82 Å². The lowest BCUT2D eigenvalue weighted by Gasteiger charge is -2.34. The van der Waals surface area contributed by atoms with Crippen molar-refractivity contribution < 1.29 is 9.18 Å². The molecule has 2 fully saturated rings. The minimum absolute atomic E-state index is 0.0126. The Hall–Kier alpha value is -2.54. The Bertz CT molecular complexity index is 768. The topological polar surface area (TPSA) is 61.4 Å². The third-order valence-electron chi connectivity index (χ3n) is 5.13. The van der Waals surface area contributed by atoms with Gasteiger partial charge >= 0.3 is 0 Å². The van der Waals surface area contributed by atoms with Gasteiger partial charge in [-0.25, -0.2) is 4.39 Å². The van der Waals surface area contributed by atoms with Gasteiger partial charge in [0, 0.05) is 38.6 Å². The van der Waals surface area contributed by atoms with Gasteiger partial charge in [0.2, 0.25) is 5.91 Å². The highest BCUT2D eigenvalue weighted by Crippen LogP contribution is 2.38. The van der Waals surface area contributed by atoms with Gasteiger partial charge in [-0.05, 0) is 42.7 Å². The highest BCUT2D eigenvalue weighted by molar-refractivity contribution is 5.78. The fraction of sp³-hybridized carbons (Fsp3) is 0.450. The predicted octanol–water partition coefficient (Wildman–Crippen LogP) is 1.93. The normalized spacial score (nSPS) is 17.7. The van der Waals surface area contributed by atoms with E-state index in [9.17, 15) is 9.18 Å². The van der Waals surface area contributed by atoms with E-state index in [2.05, 4.69) is 37.4 Å². The van der Waals surface area contributed by atoms with Crippen LogP contribution in [-0.2, 0) is 11.3 Å². The summed E-state index contributed by atoms with van der Waals surface area (Å²) in [4.78, 5) is 16.5. The van der Waals surface area contributed by atoms with Gasteiger partial charge in [-0.15, -0.1) is 5.10 Å². The maximum atomic E-state index is 12.9. The number of anilines is 1. The molecule has 1 N–H and O–H groups in total. The summed E-state index contributed by atoms with van der Waals surface area (Å²) >= 11 is 0. The van der Waals surface area contributed by atoms with Crippen LogP contribution in [-0.4, -0.2) is 53.7 Å². The Balaban J connectivity index is 1.20. The Morgan fingerprint density at radius 3 is 2.41 bits per heavy atom. The number of amides is 1. The minimum Gasteiger partial charge on any atom is -0.353 e. The van der Waals surface area contributed by atoms with E-state index in [0.29, 0.717) is 19.0 Å². The average molecular weight is 369 g/mol. The zero-order valence-corrected chi connectivity index (χ0v) is 15.3. The second-order valence-corrected chi connectivity index (χ2v) is 7.26. The van der Waals surface area contributed by atoms with Gasteiger partial charge < -0.3 is 10.2 Å². The van der Waals surface area contributed by atoms with E-state index >= 15 is 0 Å². The smallest absolute Gasteiger partial charge is 0.234 e. The molecule has 1 saturated heterocycles. The van der Waals surface area contributed by atoms with Gasteiger partial charge in [-0.3, -0.25) is 9.69 Å². The Kier molecular flexibility index (Phi) is 5.29.